The molecule has 0 bridgehead atoms. The third-order valence-electron chi connectivity index (χ3n) is 2.85. The Bertz CT molecular complexity index is 671. The number of H-pyrrole nitrogens is 1. The molecule has 1 heterocycles. The van der Waals surface area contributed by atoms with E-state index in [1.807, 2.05) is 18.2 Å². The summed E-state index contributed by atoms with van der Waals surface area (Å²) >= 11 is 1.47. The number of nitrogens with zero attached hydrogens (tertiary/aromatic N) is 1. The Labute approximate surface area is 128 Å². The third kappa shape index (κ3) is 5.07. The van der Waals surface area contributed by atoms with Crippen molar-refractivity contribution in [2.45, 2.75) is 17.9 Å². The molecular formula is C13H18N4O2S2. The maximum absolute atomic E-state index is 12.0. The number of aromatic nitrogens is 2. The molecule has 6 nitrogen and oxygen atoms in total. The standard InChI is InChI=1S/C13H18N4O2S2/c1-10(11-8-15-16-9-11)17-21(18,19)6-5-20-13-4-2-3-12(14)7-13/h2-4,7-10,17H,5-6,14H2,1H3,(H,15,16). The van der Waals surface area contributed by atoms with Crippen LogP contribution in [0.5, 0.6) is 0 Å². The van der Waals surface area contributed by atoms with E-state index < -0.39 is 10.0 Å². The monoisotopic (exact) mass is 326 g/mol. The molecule has 1 atom stereocenters. The van der Waals surface area contributed by atoms with Gasteiger partial charge in [-0.2, -0.15) is 5.10 Å². The zero-order chi connectivity index (χ0) is 15.3. The van der Waals surface area contributed by atoms with Gasteiger partial charge >= 0.3 is 0 Å². The smallest absolute Gasteiger partial charge is 0.212 e. The largest absolute Gasteiger partial charge is 0.399 e. The lowest BCUT2D eigenvalue weighted by molar-refractivity contribution is 0.568. The number of hydrogen-bond acceptors (Lipinski definition) is 5. The number of benzene rings is 1. The number of thioether (sulfide) groups is 1. The number of rotatable bonds is 7. The van der Waals surface area contributed by atoms with Gasteiger partial charge in [0.25, 0.3) is 0 Å². The molecule has 0 aliphatic heterocycles. The van der Waals surface area contributed by atoms with Crippen LogP contribution in [-0.2, 0) is 10.0 Å². The van der Waals surface area contributed by atoms with Gasteiger partial charge in [-0.15, -0.1) is 11.8 Å². The van der Waals surface area contributed by atoms with Crippen LogP contribution in [0.3, 0.4) is 0 Å². The molecular weight excluding hydrogens is 308 g/mol. The highest BCUT2D eigenvalue weighted by Gasteiger charge is 2.16. The molecule has 0 aliphatic rings. The Kier molecular flexibility index (Phi) is 5.27. The van der Waals surface area contributed by atoms with Crippen molar-refractivity contribution in [1.82, 2.24) is 14.9 Å². The number of sulfonamides is 1. The van der Waals surface area contributed by atoms with E-state index in [0.29, 0.717) is 11.4 Å². The highest BCUT2D eigenvalue weighted by Crippen LogP contribution is 2.20. The quantitative estimate of drug-likeness (QED) is 0.532. The van der Waals surface area contributed by atoms with E-state index in [0.717, 1.165) is 10.5 Å². The first-order valence-electron chi connectivity index (χ1n) is 6.43. The van der Waals surface area contributed by atoms with Gasteiger partial charge in [0.1, 0.15) is 0 Å². The fraction of sp³-hybridized carbons (Fsp3) is 0.308. The highest BCUT2D eigenvalue weighted by atomic mass is 32.2. The van der Waals surface area contributed by atoms with Crippen LogP contribution < -0.4 is 10.5 Å². The van der Waals surface area contributed by atoms with Crippen LogP contribution >= 0.6 is 11.8 Å². The topological polar surface area (TPSA) is 101 Å². The van der Waals surface area contributed by atoms with Gasteiger partial charge in [0.05, 0.1) is 11.9 Å². The first kappa shape index (κ1) is 15.9. The van der Waals surface area contributed by atoms with Crippen molar-refractivity contribution < 1.29 is 8.42 Å². The molecule has 0 spiro atoms. The molecule has 8 heteroatoms. The van der Waals surface area contributed by atoms with Crippen molar-refractivity contribution in [1.29, 1.82) is 0 Å². The SMILES string of the molecule is CC(NS(=O)(=O)CCSc1cccc(N)c1)c1cn[nH]c1. The molecule has 1 aromatic heterocycles. The molecule has 1 unspecified atom stereocenters. The van der Waals surface area contributed by atoms with Crippen LogP contribution in [0, 0.1) is 0 Å². The Hall–Kier alpha value is -1.51. The highest BCUT2D eigenvalue weighted by molar-refractivity contribution is 8.00. The number of hydrogen-bond donors (Lipinski definition) is 3. The van der Waals surface area contributed by atoms with Crippen LogP contribution in [0.15, 0.2) is 41.6 Å². The zero-order valence-electron chi connectivity index (χ0n) is 11.6. The molecule has 0 saturated heterocycles. The van der Waals surface area contributed by atoms with Gasteiger partial charge in [-0.1, -0.05) is 6.07 Å². The van der Waals surface area contributed by atoms with Gasteiger partial charge in [-0.25, -0.2) is 13.1 Å². The van der Waals surface area contributed by atoms with Crippen molar-refractivity contribution in [3.05, 3.63) is 42.2 Å². The summed E-state index contributed by atoms with van der Waals surface area (Å²) in [6.45, 7) is 1.79. The van der Waals surface area contributed by atoms with Crippen molar-refractivity contribution >= 4 is 27.5 Å². The molecule has 2 rings (SSSR count). The Morgan fingerprint density at radius 2 is 2.29 bits per heavy atom. The lowest BCUT2D eigenvalue weighted by Crippen LogP contribution is -2.29. The second-order valence-corrected chi connectivity index (χ2v) is 7.65. The maximum Gasteiger partial charge on any atom is 0.212 e. The Morgan fingerprint density at radius 1 is 1.48 bits per heavy atom. The summed E-state index contributed by atoms with van der Waals surface area (Å²) in [5.41, 5.74) is 7.17. The van der Waals surface area contributed by atoms with Gasteiger partial charge < -0.3 is 5.73 Å². The van der Waals surface area contributed by atoms with Crippen LogP contribution in [0.2, 0.25) is 0 Å². The first-order chi connectivity index (χ1) is 9.96. The van der Waals surface area contributed by atoms with Gasteiger partial charge in [0.15, 0.2) is 0 Å². The lowest BCUT2D eigenvalue weighted by atomic mass is 10.2. The predicted molar refractivity (Wildman–Crippen MR) is 85.5 cm³/mol. The van der Waals surface area contributed by atoms with E-state index in [4.69, 9.17) is 5.73 Å². The normalized spacial score (nSPS) is 13.2. The summed E-state index contributed by atoms with van der Waals surface area (Å²) in [7, 11) is -3.33. The summed E-state index contributed by atoms with van der Waals surface area (Å²) in [4.78, 5) is 0.966. The van der Waals surface area contributed by atoms with Crippen molar-refractivity contribution in [3.63, 3.8) is 0 Å². The average molecular weight is 326 g/mol. The van der Waals surface area contributed by atoms with E-state index in [9.17, 15) is 8.42 Å². The summed E-state index contributed by atoms with van der Waals surface area (Å²) in [5.74, 6) is 0.519. The number of aromatic amines is 1. The molecule has 0 radical (unpaired) electrons. The Morgan fingerprint density at radius 3 is 2.95 bits per heavy atom. The predicted octanol–water partition coefficient (Wildman–Crippen LogP) is 1.76. The maximum atomic E-state index is 12.0. The van der Waals surface area contributed by atoms with E-state index in [2.05, 4.69) is 14.9 Å². The van der Waals surface area contributed by atoms with E-state index in [-0.39, 0.29) is 11.8 Å². The minimum Gasteiger partial charge on any atom is -0.399 e. The van der Waals surface area contributed by atoms with Gasteiger partial charge in [-0.3, -0.25) is 5.10 Å². The molecule has 114 valence electrons. The van der Waals surface area contributed by atoms with Crippen LogP contribution in [0.4, 0.5) is 5.69 Å². The minimum atomic E-state index is -3.33. The molecule has 0 fully saturated rings. The minimum absolute atomic E-state index is 0.0503. The lowest BCUT2D eigenvalue weighted by Gasteiger charge is -2.12. The molecule has 0 amide bonds. The fourth-order valence-corrected chi connectivity index (χ4v) is 4.40. The fourth-order valence-electron chi connectivity index (χ4n) is 1.77. The van der Waals surface area contributed by atoms with Gasteiger partial charge in [-0.05, 0) is 25.1 Å². The molecule has 4 N–H and O–H groups in total. The molecule has 2 aromatic rings. The van der Waals surface area contributed by atoms with Gasteiger partial charge in [0, 0.05) is 34.1 Å². The van der Waals surface area contributed by atoms with Gasteiger partial charge in [0.2, 0.25) is 10.0 Å². The third-order valence-corrected chi connectivity index (χ3v) is 5.56. The molecule has 0 aliphatic carbocycles. The van der Waals surface area contributed by atoms with Crippen molar-refractivity contribution in [2.24, 2.45) is 0 Å². The van der Waals surface area contributed by atoms with Crippen molar-refractivity contribution in [3.8, 4) is 0 Å². The second kappa shape index (κ2) is 6.97. The molecule has 1 aromatic carbocycles. The van der Waals surface area contributed by atoms with Crippen LogP contribution in [0.1, 0.15) is 18.5 Å². The van der Waals surface area contributed by atoms with E-state index in [1.165, 1.54) is 11.8 Å². The molecule has 21 heavy (non-hydrogen) atoms. The molecule has 0 saturated carbocycles. The average Bonchev–Trinajstić information content (AvgIpc) is 2.92. The first-order valence-corrected chi connectivity index (χ1v) is 9.07. The number of nitrogens with two attached hydrogens (primary N) is 1. The second-order valence-electron chi connectivity index (χ2n) is 4.61. The summed E-state index contributed by atoms with van der Waals surface area (Å²) in [5, 5.41) is 6.47. The van der Waals surface area contributed by atoms with Crippen molar-refractivity contribution in [2.75, 3.05) is 17.2 Å². The number of nitrogen functional groups attached to an aromatic ring is 1. The van der Waals surface area contributed by atoms with E-state index >= 15 is 0 Å². The van der Waals surface area contributed by atoms with E-state index in [1.54, 1.807) is 25.4 Å². The van der Waals surface area contributed by atoms with Crippen LogP contribution in [0.25, 0.3) is 0 Å². The number of anilines is 1. The summed E-state index contributed by atoms with van der Waals surface area (Å²) in [6, 6.07) is 7.10. The summed E-state index contributed by atoms with van der Waals surface area (Å²) < 4.78 is 26.7. The van der Waals surface area contributed by atoms with Crippen LogP contribution in [-0.4, -0.2) is 30.1 Å². The zero-order valence-corrected chi connectivity index (χ0v) is 13.2. The summed E-state index contributed by atoms with van der Waals surface area (Å²) in [6.07, 6.45) is 3.28. The Balaban J connectivity index is 1.84. The number of nitrogens with one attached hydrogen (secondary N) is 2.